The molecule has 0 unspecified atom stereocenters. The number of carbonyl (C=O) groups is 1. The third-order valence-corrected chi connectivity index (χ3v) is 6.64. The van der Waals surface area contributed by atoms with Crippen LogP contribution in [0.25, 0.3) is 23.0 Å². The van der Waals surface area contributed by atoms with Gasteiger partial charge in [0, 0.05) is 36.0 Å². The maximum atomic E-state index is 13.0. The van der Waals surface area contributed by atoms with Gasteiger partial charge in [0.1, 0.15) is 4.32 Å². The van der Waals surface area contributed by atoms with E-state index in [2.05, 4.69) is 6.92 Å². The second-order valence-corrected chi connectivity index (χ2v) is 9.23. The van der Waals surface area contributed by atoms with Crippen molar-refractivity contribution in [1.29, 1.82) is 0 Å². The number of unbranched alkanes of at least 4 members (excludes halogenated alkanes) is 2. The molecule has 0 aliphatic carbocycles. The van der Waals surface area contributed by atoms with E-state index < -0.39 is 4.92 Å². The number of rotatable bonds is 8. The summed E-state index contributed by atoms with van der Waals surface area (Å²) < 4.78 is 2.31. The number of amides is 1. The summed E-state index contributed by atoms with van der Waals surface area (Å²) >= 11 is 6.74. The van der Waals surface area contributed by atoms with Crippen molar-refractivity contribution in [1.82, 2.24) is 14.7 Å². The lowest BCUT2D eigenvalue weighted by Gasteiger charge is -2.13. The van der Waals surface area contributed by atoms with Crippen LogP contribution in [0.1, 0.15) is 31.7 Å². The molecule has 1 aliphatic heterocycles. The Balaban J connectivity index is 1.72. The molecule has 3 aromatic rings. The van der Waals surface area contributed by atoms with Crippen LogP contribution in [-0.4, -0.2) is 36.4 Å². The zero-order valence-corrected chi connectivity index (χ0v) is 19.6. The van der Waals surface area contributed by atoms with Crippen LogP contribution in [-0.2, 0) is 4.79 Å². The molecule has 0 atom stereocenters. The summed E-state index contributed by atoms with van der Waals surface area (Å²) in [5.74, 6) is -0.0942. The Morgan fingerprint density at radius 1 is 1.12 bits per heavy atom. The topological polar surface area (TPSA) is 81.3 Å². The smallest absolute Gasteiger partial charge is 0.269 e. The SMILES string of the molecule is CCCCCN1C(=O)C(=Cc2cn(-c3ccccc3)nc2-c2ccc([N+](=O)[O-])cc2)SC1=S. The average molecular weight is 479 g/mol. The van der Waals surface area contributed by atoms with Crippen LogP contribution in [0.3, 0.4) is 0 Å². The predicted molar refractivity (Wildman–Crippen MR) is 135 cm³/mol. The van der Waals surface area contributed by atoms with Crippen LogP contribution < -0.4 is 0 Å². The van der Waals surface area contributed by atoms with Crippen LogP contribution in [0.4, 0.5) is 5.69 Å². The number of aromatic nitrogens is 2. The average Bonchev–Trinajstić information content (AvgIpc) is 3.36. The van der Waals surface area contributed by atoms with Gasteiger partial charge in [-0.25, -0.2) is 4.68 Å². The Bertz CT molecular complexity index is 1220. The molecule has 0 radical (unpaired) electrons. The van der Waals surface area contributed by atoms with Crippen molar-refractivity contribution in [3.8, 4) is 16.9 Å². The summed E-state index contributed by atoms with van der Waals surface area (Å²) in [5, 5.41) is 15.8. The normalized spacial score (nSPS) is 14.9. The maximum absolute atomic E-state index is 13.0. The van der Waals surface area contributed by atoms with Gasteiger partial charge in [0.05, 0.1) is 21.2 Å². The molecule has 4 rings (SSSR count). The van der Waals surface area contributed by atoms with Crippen LogP contribution in [0, 0.1) is 10.1 Å². The molecule has 33 heavy (non-hydrogen) atoms. The molecule has 168 valence electrons. The van der Waals surface area contributed by atoms with E-state index in [-0.39, 0.29) is 11.6 Å². The van der Waals surface area contributed by atoms with E-state index >= 15 is 0 Å². The number of hydrogen-bond donors (Lipinski definition) is 0. The van der Waals surface area contributed by atoms with E-state index in [0.29, 0.717) is 21.5 Å². The molecule has 1 fully saturated rings. The first-order chi connectivity index (χ1) is 16.0. The zero-order chi connectivity index (χ0) is 23.4. The Hall–Kier alpha value is -3.30. The monoisotopic (exact) mass is 478 g/mol. The summed E-state index contributed by atoms with van der Waals surface area (Å²) in [5.41, 5.74) is 2.97. The molecule has 0 bridgehead atoms. The summed E-state index contributed by atoms with van der Waals surface area (Å²) in [6.45, 7) is 2.74. The molecular formula is C24H22N4O3S2. The lowest BCUT2D eigenvalue weighted by atomic mass is 10.1. The molecule has 1 aromatic heterocycles. The summed E-state index contributed by atoms with van der Waals surface area (Å²) in [7, 11) is 0. The van der Waals surface area contributed by atoms with Gasteiger partial charge in [-0.15, -0.1) is 0 Å². The van der Waals surface area contributed by atoms with Gasteiger partial charge in [-0.05, 0) is 36.8 Å². The second-order valence-electron chi connectivity index (χ2n) is 7.56. The Morgan fingerprint density at radius 2 is 1.85 bits per heavy atom. The van der Waals surface area contributed by atoms with Gasteiger partial charge in [0.15, 0.2) is 0 Å². The van der Waals surface area contributed by atoms with E-state index in [1.165, 1.54) is 23.9 Å². The summed E-state index contributed by atoms with van der Waals surface area (Å²) in [6.07, 6.45) is 6.69. The third-order valence-electron chi connectivity index (χ3n) is 5.26. The Kier molecular flexibility index (Phi) is 7.00. The lowest BCUT2D eigenvalue weighted by molar-refractivity contribution is -0.384. The predicted octanol–water partition coefficient (Wildman–Crippen LogP) is 5.84. The fourth-order valence-electron chi connectivity index (χ4n) is 3.53. The van der Waals surface area contributed by atoms with Crippen LogP contribution in [0.15, 0.2) is 65.7 Å². The number of benzene rings is 2. The molecular weight excluding hydrogens is 456 g/mol. The number of nitrogens with zero attached hydrogens (tertiary/aromatic N) is 4. The standard InChI is InChI=1S/C24H22N4O3S2/c1-2-3-7-14-26-23(29)21(33-24(26)32)15-18-16-27(19-8-5-4-6-9-19)25-22(18)17-10-12-20(13-11-17)28(30)31/h4-6,8-13,15-16H,2-3,7,14H2,1H3. The van der Waals surface area contributed by atoms with Gasteiger partial charge in [-0.2, -0.15) is 5.10 Å². The minimum atomic E-state index is -0.433. The molecule has 0 N–H and O–H groups in total. The Labute approximate surface area is 201 Å². The molecule has 0 saturated carbocycles. The van der Waals surface area contributed by atoms with E-state index in [9.17, 15) is 14.9 Å². The minimum Gasteiger partial charge on any atom is -0.293 e. The van der Waals surface area contributed by atoms with Gasteiger partial charge < -0.3 is 0 Å². The van der Waals surface area contributed by atoms with Gasteiger partial charge >= 0.3 is 0 Å². The first-order valence-electron chi connectivity index (χ1n) is 10.6. The molecule has 1 aliphatic rings. The number of non-ortho nitro benzene ring substituents is 1. The summed E-state index contributed by atoms with van der Waals surface area (Å²) in [6, 6.07) is 15.9. The van der Waals surface area contributed by atoms with Crippen molar-refractivity contribution < 1.29 is 9.72 Å². The highest BCUT2D eigenvalue weighted by atomic mass is 32.2. The quantitative estimate of drug-likeness (QED) is 0.133. The minimum absolute atomic E-state index is 0.00995. The van der Waals surface area contributed by atoms with Crippen molar-refractivity contribution in [2.75, 3.05) is 6.54 Å². The van der Waals surface area contributed by atoms with Crippen LogP contribution >= 0.6 is 24.0 Å². The van der Waals surface area contributed by atoms with Gasteiger partial charge in [-0.3, -0.25) is 19.8 Å². The number of thioether (sulfide) groups is 1. The van der Waals surface area contributed by atoms with E-state index in [1.54, 1.807) is 21.7 Å². The molecule has 7 nitrogen and oxygen atoms in total. The number of carbonyl (C=O) groups excluding carboxylic acids is 1. The van der Waals surface area contributed by atoms with E-state index in [1.807, 2.05) is 42.6 Å². The Morgan fingerprint density at radius 3 is 2.52 bits per heavy atom. The van der Waals surface area contributed by atoms with Crippen molar-refractivity contribution in [3.05, 3.63) is 81.4 Å². The first kappa shape index (κ1) is 22.9. The molecule has 0 spiro atoms. The van der Waals surface area contributed by atoms with Crippen molar-refractivity contribution in [3.63, 3.8) is 0 Å². The van der Waals surface area contributed by atoms with Crippen molar-refractivity contribution in [2.45, 2.75) is 26.2 Å². The van der Waals surface area contributed by atoms with Gasteiger partial charge in [0.25, 0.3) is 11.6 Å². The van der Waals surface area contributed by atoms with Crippen molar-refractivity contribution >= 4 is 46.0 Å². The zero-order valence-electron chi connectivity index (χ0n) is 18.0. The number of thiocarbonyl (C=S) groups is 1. The third kappa shape index (κ3) is 5.04. The molecule has 9 heteroatoms. The fourth-order valence-corrected chi connectivity index (χ4v) is 4.82. The highest BCUT2D eigenvalue weighted by Crippen LogP contribution is 2.35. The molecule has 2 heterocycles. The van der Waals surface area contributed by atoms with Gasteiger partial charge in [0.2, 0.25) is 0 Å². The maximum Gasteiger partial charge on any atom is 0.269 e. The van der Waals surface area contributed by atoms with Crippen LogP contribution in [0.2, 0.25) is 0 Å². The largest absolute Gasteiger partial charge is 0.293 e. The van der Waals surface area contributed by atoms with Crippen molar-refractivity contribution in [2.24, 2.45) is 0 Å². The first-order valence-corrected chi connectivity index (χ1v) is 11.9. The fraction of sp³-hybridized carbons (Fsp3) is 0.208. The second kappa shape index (κ2) is 10.1. The van der Waals surface area contributed by atoms with Gasteiger partial charge in [-0.1, -0.05) is 61.9 Å². The lowest BCUT2D eigenvalue weighted by Crippen LogP contribution is -2.28. The number of nitro benzene ring substituents is 1. The number of hydrogen-bond acceptors (Lipinski definition) is 6. The van der Waals surface area contributed by atoms with Crippen LogP contribution in [0.5, 0.6) is 0 Å². The van der Waals surface area contributed by atoms with E-state index in [4.69, 9.17) is 17.3 Å². The summed E-state index contributed by atoms with van der Waals surface area (Å²) in [4.78, 5) is 25.8. The number of nitro groups is 1. The molecule has 1 saturated heterocycles. The van der Waals surface area contributed by atoms with E-state index in [0.717, 1.165) is 36.1 Å². The highest BCUT2D eigenvalue weighted by molar-refractivity contribution is 8.26. The molecule has 2 aromatic carbocycles. The highest BCUT2D eigenvalue weighted by Gasteiger charge is 2.32. The number of para-hydroxylation sites is 1. The molecule has 1 amide bonds.